The number of carbonyl (C=O) groups excluding carboxylic acids is 1. The van der Waals surface area contributed by atoms with Crippen LogP contribution in [0.1, 0.15) is 15.9 Å². The smallest absolute Gasteiger partial charge is 0.257 e. The second kappa shape index (κ2) is 9.36. The van der Waals surface area contributed by atoms with Crippen LogP contribution in [0, 0.1) is 6.92 Å². The van der Waals surface area contributed by atoms with Gasteiger partial charge in [-0.1, -0.05) is 18.2 Å². The molecule has 2 aromatic carbocycles. The highest BCUT2D eigenvalue weighted by Gasteiger charge is 2.09. The van der Waals surface area contributed by atoms with Gasteiger partial charge in [0.1, 0.15) is 23.9 Å². The number of benzene rings is 2. The van der Waals surface area contributed by atoms with Gasteiger partial charge < -0.3 is 20.1 Å². The zero-order chi connectivity index (χ0) is 19.8. The Balaban J connectivity index is 1.45. The van der Waals surface area contributed by atoms with Gasteiger partial charge in [0.2, 0.25) is 0 Å². The molecule has 28 heavy (non-hydrogen) atoms. The van der Waals surface area contributed by atoms with Crippen LogP contribution in [0.4, 0.5) is 11.6 Å². The third-order valence-electron chi connectivity index (χ3n) is 4.03. The monoisotopic (exact) mass is 378 g/mol. The molecule has 1 aromatic heterocycles. The fourth-order valence-corrected chi connectivity index (χ4v) is 2.52. The lowest BCUT2D eigenvalue weighted by Crippen LogP contribution is -2.16. The molecular formula is C21H22N4O3. The van der Waals surface area contributed by atoms with Gasteiger partial charge in [0.15, 0.2) is 5.82 Å². The van der Waals surface area contributed by atoms with Gasteiger partial charge in [0, 0.05) is 5.56 Å². The number of rotatable bonds is 8. The maximum atomic E-state index is 12.3. The number of nitrogens with zero attached hydrogens (tertiary/aromatic N) is 2. The first-order valence-corrected chi connectivity index (χ1v) is 8.87. The van der Waals surface area contributed by atoms with Crippen LogP contribution in [0.2, 0.25) is 0 Å². The first kappa shape index (κ1) is 19.2. The summed E-state index contributed by atoms with van der Waals surface area (Å²) in [5, 5.41) is 14.0. The molecule has 0 atom stereocenters. The quantitative estimate of drug-likeness (QED) is 0.583. The Bertz CT molecular complexity index is 912. The van der Waals surface area contributed by atoms with E-state index >= 15 is 0 Å². The summed E-state index contributed by atoms with van der Waals surface area (Å²) < 4.78 is 10.7. The van der Waals surface area contributed by atoms with Crippen molar-refractivity contribution in [2.45, 2.75) is 6.92 Å². The van der Waals surface area contributed by atoms with E-state index in [2.05, 4.69) is 20.8 Å². The summed E-state index contributed by atoms with van der Waals surface area (Å²) in [5.41, 5.74) is 1.52. The molecule has 0 aliphatic heterocycles. The molecule has 7 nitrogen and oxygen atoms in total. The molecule has 144 valence electrons. The van der Waals surface area contributed by atoms with E-state index in [1.165, 1.54) is 0 Å². The van der Waals surface area contributed by atoms with E-state index in [9.17, 15) is 4.79 Å². The maximum absolute atomic E-state index is 12.3. The lowest BCUT2D eigenvalue weighted by atomic mass is 10.1. The lowest BCUT2D eigenvalue weighted by molar-refractivity contribution is 0.102. The summed E-state index contributed by atoms with van der Waals surface area (Å²) in [4.78, 5) is 12.3. The summed E-state index contributed by atoms with van der Waals surface area (Å²) >= 11 is 0. The van der Waals surface area contributed by atoms with E-state index in [0.717, 1.165) is 17.1 Å². The van der Waals surface area contributed by atoms with E-state index in [-0.39, 0.29) is 5.91 Å². The molecule has 7 heteroatoms. The van der Waals surface area contributed by atoms with E-state index in [1.807, 2.05) is 49.4 Å². The van der Waals surface area contributed by atoms with Gasteiger partial charge in [0.25, 0.3) is 5.91 Å². The first-order chi connectivity index (χ1) is 13.7. The number of methoxy groups -OCH3 is 1. The van der Waals surface area contributed by atoms with Crippen molar-refractivity contribution in [1.29, 1.82) is 0 Å². The third kappa shape index (κ3) is 5.20. The van der Waals surface area contributed by atoms with Gasteiger partial charge in [-0.3, -0.25) is 4.79 Å². The summed E-state index contributed by atoms with van der Waals surface area (Å²) in [5.74, 6) is 2.35. The molecule has 0 unspecified atom stereocenters. The number of amides is 1. The zero-order valence-corrected chi connectivity index (χ0v) is 15.8. The number of carbonyl (C=O) groups is 1. The Kier molecular flexibility index (Phi) is 6.41. The fourth-order valence-electron chi connectivity index (χ4n) is 2.52. The Morgan fingerprint density at radius 3 is 2.29 bits per heavy atom. The second-order valence-electron chi connectivity index (χ2n) is 6.02. The number of nitrogens with one attached hydrogen (secondary N) is 2. The van der Waals surface area contributed by atoms with Crippen LogP contribution in [0.5, 0.6) is 11.5 Å². The van der Waals surface area contributed by atoms with Gasteiger partial charge in [-0.2, -0.15) is 0 Å². The molecule has 0 radical (unpaired) electrons. The largest absolute Gasteiger partial charge is 0.497 e. The number of hydrogen-bond donors (Lipinski definition) is 2. The highest BCUT2D eigenvalue weighted by atomic mass is 16.5. The van der Waals surface area contributed by atoms with Crippen molar-refractivity contribution >= 4 is 17.5 Å². The lowest BCUT2D eigenvalue weighted by Gasteiger charge is -2.09. The normalized spacial score (nSPS) is 10.2. The van der Waals surface area contributed by atoms with Crippen molar-refractivity contribution in [1.82, 2.24) is 10.2 Å². The van der Waals surface area contributed by atoms with Crippen LogP contribution < -0.4 is 20.1 Å². The molecule has 3 rings (SSSR count). The average Bonchev–Trinajstić information content (AvgIpc) is 2.73. The van der Waals surface area contributed by atoms with Crippen molar-refractivity contribution in [2.75, 3.05) is 30.9 Å². The molecule has 0 spiro atoms. The minimum Gasteiger partial charge on any atom is -0.497 e. The maximum Gasteiger partial charge on any atom is 0.257 e. The van der Waals surface area contributed by atoms with Crippen molar-refractivity contribution in [2.24, 2.45) is 0 Å². The van der Waals surface area contributed by atoms with Crippen molar-refractivity contribution in [3.8, 4) is 11.5 Å². The molecule has 3 aromatic rings. The topological polar surface area (TPSA) is 85.4 Å². The van der Waals surface area contributed by atoms with E-state index in [1.54, 1.807) is 25.3 Å². The van der Waals surface area contributed by atoms with Gasteiger partial charge in [0.05, 0.1) is 13.7 Å². The molecule has 0 saturated heterocycles. The Morgan fingerprint density at radius 2 is 1.61 bits per heavy atom. The van der Waals surface area contributed by atoms with Crippen LogP contribution >= 0.6 is 0 Å². The van der Waals surface area contributed by atoms with Gasteiger partial charge >= 0.3 is 0 Å². The Hall–Kier alpha value is -3.61. The predicted molar refractivity (Wildman–Crippen MR) is 108 cm³/mol. The van der Waals surface area contributed by atoms with E-state index in [0.29, 0.717) is 30.4 Å². The van der Waals surface area contributed by atoms with Crippen LogP contribution in [0.25, 0.3) is 0 Å². The summed E-state index contributed by atoms with van der Waals surface area (Å²) in [6.07, 6.45) is 0. The summed E-state index contributed by atoms with van der Waals surface area (Å²) in [6, 6.07) is 18.2. The van der Waals surface area contributed by atoms with Gasteiger partial charge in [-0.05, 0) is 55.0 Å². The standard InChI is InChI=1S/C21H22N4O3/c1-15-5-3-4-6-18(15)21(26)23-20-12-11-19(24-25-20)22-13-14-28-17-9-7-16(27-2)8-10-17/h3-12H,13-14H2,1-2H3,(H,22,24)(H,23,25,26). The van der Waals surface area contributed by atoms with Crippen LogP contribution in [-0.4, -0.2) is 36.4 Å². The molecule has 0 fully saturated rings. The molecule has 0 saturated carbocycles. The Morgan fingerprint density at radius 1 is 0.929 bits per heavy atom. The minimum absolute atomic E-state index is 0.207. The van der Waals surface area contributed by atoms with E-state index < -0.39 is 0 Å². The molecule has 0 aliphatic carbocycles. The summed E-state index contributed by atoms with van der Waals surface area (Å²) in [6.45, 7) is 2.93. The minimum atomic E-state index is -0.207. The second-order valence-corrected chi connectivity index (χ2v) is 6.02. The van der Waals surface area contributed by atoms with Crippen molar-refractivity contribution in [3.05, 3.63) is 71.8 Å². The number of aryl methyl sites for hydroxylation is 1. The molecular weight excluding hydrogens is 356 g/mol. The SMILES string of the molecule is COc1ccc(OCCNc2ccc(NC(=O)c3ccccc3C)nn2)cc1. The van der Waals surface area contributed by atoms with Crippen molar-refractivity contribution in [3.63, 3.8) is 0 Å². The first-order valence-electron chi connectivity index (χ1n) is 8.87. The predicted octanol–water partition coefficient (Wildman–Crippen LogP) is 3.54. The highest BCUT2D eigenvalue weighted by molar-refractivity contribution is 6.04. The molecule has 1 heterocycles. The number of hydrogen-bond acceptors (Lipinski definition) is 6. The number of aromatic nitrogens is 2. The third-order valence-corrected chi connectivity index (χ3v) is 4.03. The highest BCUT2D eigenvalue weighted by Crippen LogP contribution is 2.17. The average molecular weight is 378 g/mol. The van der Waals surface area contributed by atoms with Crippen LogP contribution in [0.3, 0.4) is 0 Å². The van der Waals surface area contributed by atoms with Gasteiger partial charge in [-0.15, -0.1) is 10.2 Å². The molecule has 1 amide bonds. The molecule has 0 bridgehead atoms. The number of anilines is 2. The molecule has 2 N–H and O–H groups in total. The zero-order valence-electron chi connectivity index (χ0n) is 15.8. The van der Waals surface area contributed by atoms with Crippen LogP contribution in [-0.2, 0) is 0 Å². The molecule has 0 aliphatic rings. The number of ether oxygens (including phenoxy) is 2. The fraction of sp³-hybridized carbons (Fsp3) is 0.190. The Labute approximate surface area is 163 Å². The summed E-state index contributed by atoms with van der Waals surface area (Å²) in [7, 11) is 1.63. The van der Waals surface area contributed by atoms with Gasteiger partial charge in [-0.25, -0.2) is 0 Å². The van der Waals surface area contributed by atoms with E-state index in [4.69, 9.17) is 9.47 Å². The van der Waals surface area contributed by atoms with Crippen LogP contribution in [0.15, 0.2) is 60.7 Å². The van der Waals surface area contributed by atoms with Crippen molar-refractivity contribution < 1.29 is 14.3 Å².